The lowest BCUT2D eigenvalue weighted by Crippen LogP contribution is -2.41. The number of hydrogen-bond donors (Lipinski definition) is 3. The summed E-state index contributed by atoms with van der Waals surface area (Å²) in [6.45, 7) is 2.76. The number of guanidine groups is 1. The van der Waals surface area contributed by atoms with Crippen LogP contribution in [-0.2, 0) is 21.3 Å². The van der Waals surface area contributed by atoms with E-state index < -0.39 is 10.0 Å². The van der Waals surface area contributed by atoms with Gasteiger partial charge in [-0.2, -0.15) is 0 Å². The minimum Gasteiger partial charge on any atom is -0.383 e. The predicted molar refractivity (Wildman–Crippen MR) is 88.0 cm³/mol. The standard InChI is InChI=1S/C14H24N4O3S/c1-12(11-21-2)18-14(15)16-8-9-22(19,20)17-10-13-6-4-3-5-7-13/h3-7,12,17H,8-11H2,1-2H3,(H3,15,16,18). The summed E-state index contributed by atoms with van der Waals surface area (Å²) in [7, 11) is -1.79. The topological polar surface area (TPSA) is 106 Å². The molecule has 0 aliphatic rings. The molecule has 4 N–H and O–H groups in total. The number of benzene rings is 1. The zero-order valence-corrected chi connectivity index (χ0v) is 13.8. The second-order valence-electron chi connectivity index (χ2n) is 4.89. The third-order valence-corrected chi connectivity index (χ3v) is 4.10. The number of ether oxygens (including phenoxy) is 1. The van der Waals surface area contributed by atoms with Crippen molar-refractivity contribution in [3.8, 4) is 0 Å². The zero-order valence-electron chi connectivity index (χ0n) is 13.0. The fraction of sp³-hybridized carbons (Fsp3) is 0.500. The molecule has 0 saturated carbocycles. The Morgan fingerprint density at radius 2 is 2.05 bits per heavy atom. The van der Waals surface area contributed by atoms with Crippen LogP contribution in [0.4, 0.5) is 0 Å². The molecule has 0 aromatic heterocycles. The highest BCUT2D eigenvalue weighted by atomic mass is 32.2. The molecule has 1 unspecified atom stereocenters. The van der Waals surface area contributed by atoms with Crippen LogP contribution in [0.1, 0.15) is 12.5 Å². The summed E-state index contributed by atoms with van der Waals surface area (Å²) in [6.07, 6.45) is 0. The van der Waals surface area contributed by atoms with E-state index in [4.69, 9.17) is 10.5 Å². The number of sulfonamides is 1. The van der Waals surface area contributed by atoms with E-state index in [1.807, 2.05) is 37.3 Å². The minimum absolute atomic E-state index is 0.0153. The lowest BCUT2D eigenvalue weighted by molar-refractivity contribution is 0.179. The molecule has 0 saturated heterocycles. The van der Waals surface area contributed by atoms with Gasteiger partial charge in [0, 0.05) is 19.7 Å². The number of hydrogen-bond acceptors (Lipinski definition) is 4. The van der Waals surface area contributed by atoms with Crippen molar-refractivity contribution in [2.75, 3.05) is 26.0 Å². The summed E-state index contributed by atoms with van der Waals surface area (Å²) < 4.78 is 31.2. The molecule has 0 radical (unpaired) electrons. The van der Waals surface area contributed by atoms with Crippen molar-refractivity contribution in [3.63, 3.8) is 0 Å². The first-order valence-corrected chi connectivity index (χ1v) is 8.65. The van der Waals surface area contributed by atoms with Crippen LogP contribution < -0.4 is 15.8 Å². The Balaban J connectivity index is 2.35. The number of rotatable bonds is 9. The molecule has 7 nitrogen and oxygen atoms in total. The molecule has 0 spiro atoms. The van der Waals surface area contributed by atoms with Crippen molar-refractivity contribution in [2.24, 2.45) is 10.7 Å². The third-order valence-electron chi connectivity index (χ3n) is 2.79. The van der Waals surface area contributed by atoms with Gasteiger partial charge in [0.1, 0.15) is 0 Å². The van der Waals surface area contributed by atoms with Gasteiger partial charge in [-0.05, 0) is 12.5 Å². The molecule has 8 heteroatoms. The molecule has 124 valence electrons. The van der Waals surface area contributed by atoms with Gasteiger partial charge in [0.05, 0.1) is 18.9 Å². The van der Waals surface area contributed by atoms with Gasteiger partial charge in [0.15, 0.2) is 5.96 Å². The molecule has 1 atom stereocenters. The monoisotopic (exact) mass is 328 g/mol. The largest absolute Gasteiger partial charge is 0.383 e. The number of nitrogens with zero attached hydrogens (tertiary/aromatic N) is 1. The zero-order chi connectivity index (χ0) is 16.4. The number of methoxy groups -OCH3 is 1. The summed E-state index contributed by atoms with van der Waals surface area (Å²) in [5.74, 6) is 0.101. The SMILES string of the molecule is COCC(C)NC(N)=NCCS(=O)(=O)NCc1ccccc1. The van der Waals surface area contributed by atoms with Gasteiger partial charge < -0.3 is 15.8 Å². The molecule has 0 amide bonds. The summed E-state index contributed by atoms with van der Waals surface area (Å²) >= 11 is 0. The maximum absolute atomic E-state index is 11.8. The Morgan fingerprint density at radius 1 is 1.36 bits per heavy atom. The molecule has 0 aliphatic carbocycles. The highest BCUT2D eigenvalue weighted by Crippen LogP contribution is 1.98. The molecule has 0 bridgehead atoms. The number of nitrogens with one attached hydrogen (secondary N) is 2. The molecule has 0 fully saturated rings. The Kier molecular flexibility index (Phi) is 7.86. The van der Waals surface area contributed by atoms with Gasteiger partial charge in [0.2, 0.25) is 10.0 Å². The highest BCUT2D eigenvalue weighted by molar-refractivity contribution is 7.89. The Bertz CT molecular complexity index is 561. The van der Waals surface area contributed by atoms with Gasteiger partial charge in [-0.3, -0.25) is 4.99 Å². The van der Waals surface area contributed by atoms with Gasteiger partial charge >= 0.3 is 0 Å². The van der Waals surface area contributed by atoms with Crippen molar-refractivity contribution >= 4 is 16.0 Å². The molecule has 22 heavy (non-hydrogen) atoms. The summed E-state index contributed by atoms with van der Waals surface area (Å²) in [6, 6.07) is 9.34. The second-order valence-corrected chi connectivity index (χ2v) is 6.82. The Hall–Kier alpha value is -1.64. The molecule has 1 rings (SSSR count). The van der Waals surface area contributed by atoms with Crippen molar-refractivity contribution in [1.29, 1.82) is 0 Å². The van der Waals surface area contributed by atoms with Crippen molar-refractivity contribution in [3.05, 3.63) is 35.9 Å². The molecular weight excluding hydrogens is 304 g/mol. The number of aliphatic imine (C=N–C) groups is 1. The van der Waals surface area contributed by atoms with Crippen molar-refractivity contribution in [2.45, 2.75) is 19.5 Å². The fourth-order valence-corrected chi connectivity index (χ4v) is 2.60. The van der Waals surface area contributed by atoms with E-state index in [0.717, 1.165) is 5.56 Å². The van der Waals surface area contributed by atoms with E-state index >= 15 is 0 Å². The van der Waals surface area contributed by atoms with E-state index in [1.54, 1.807) is 7.11 Å². The molecule has 0 aliphatic heterocycles. The normalized spacial score (nSPS) is 13.8. The average Bonchev–Trinajstić information content (AvgIpc) is 2.46. The fourth-order valence-electron chi connectivity index (χ4n) is 1.74. The van der Waals surface area contributed by atoms with E-state index in [-0.39, 0.29) is 30.8 Å². The van der Waals surface area contributed by atoms with Gasteiger partial charge in [-0.25, -0.2) is 13.1 Å². The van der Waals surface area contributed by atoms with Crippen molar-refractivity contribution in [1.82, 2.24) is 10.0 Å². The first-order chi connectivity index (χ1) is 10.4. The van der Waals surface area contributed by atoms with Crippen LogP contribution in [0.25, 0.3) is 0 Å². The maximum Gasteiger partial charge on any atom is 0.213 e. The van der Waals surface area contributed by atoms with Gasteiger partial charge in [-0.15, -0.1) is 0 Å². The lowest BCUT2D eigenvalue weighted by Gasteiger charge is -2.13. The van der Waals surface area contributed by atoms with E-state index in [9.17, 15) is 8.42 Å². The molecule has 1 aromatic carbocycles. The predicted octanol–water partition coefficient (Wildman–Crippen LogP) is 0.0452. The summed E-state index contributed by atoms with van der Waals surface area (Å²) in [5, 5.41) is 2.91. The molecule has 0 heterocycles. The summed E-state index contributed by atoms with van der Waals surface area (Å²) in [5.41, 5.74) is 6.57. The van der Waals surface area contributed by atoms with E-state index in [2.05, 4.69) is 15.0 Å². The molecule has 1 aromatic rings. The van der Waals surface area contributed by atoms with Crippen LogP contribution in [0.3, 0.4) is 0 Å². The smallest absolute Gasteiger partial charge is 0.213 e. The average molecular weight is 328 g/mol. The van der Waals surface area contributed by atoms with Crippen LogP contribution in [0.2, 0.25) is 0 Å². The van der Waals surface area contributed by atoms with Crippen LogP contribution in [0, 0.1) is 0 Å². The number of nitrogens with two attached hydrogens (primary N) is 1. The highest BCUT2D eigenvalue weighted by Gasteiger charge is 2.09. The van der Waals surface area contributed by atoms with E-state index in [1.165, 1.54) is 0 Å². The van der Waals surface area contributed by atoms with Crippen molar-refractivity contribution < 1.29 is 13.2 Å². The maximum atomic E-state index is 11.8. The van der Waals surface area contributed by atoms with Crippen LogP contribution in [-0.4, -0.2) is 46.4 Å². The van der Waals surface area contributed by atoms with Crippen LogP contribution in [0.15, 0.2) is 35.3 Å². The Morgan fingerprint density at radius 3 is 2.68 bits per heavy atom. The Labute approximate surface area is 132 Å². The second kappa shape index (κ2) is 9.39. The minimum atomic E-state index is -3.38. The molecular formula is C14H24N4O3S. The first-order valence-electron chi connectivity index (χ1n) is 6.99. The lowest BCUT2D eigenvalue weighted by atomic mass is 10.2. The van der Waals surface area contributed by atoms with Crippen LogP contribution >= 0.6 is 0 Å². The van der Waals surface area contributed by atoms with Gasteiger partial charge in [-0.1, -0.05) is 30.3 Å². The first kappa shape index (κ1) is 18.4. The van der Waals surface area contributed by atoms with Gasteiger partial charge in [0.25, 0.3) is 0 Å². The third kappa shape index (κ3) is 7.96. The summed E-state index contributed by atoms with van der Waals surface area (Å²) in [4.78, 5) is 4.00. The van der Waals surface area contributed by atoms with Crippen LogP contribution in [0.5, 0.6) is 0 Å². The van der Waals surface area contributed by atoms with E-state index in [0.29, 0.717) is 6.61 Å². The quantitative estimate of drug-likeness (QED) is 0.438.